The Hall–Kier alpha value is -3.03. The Morgan fingerprint density at radius 3 is 2.41 bits per heavy atom. The third-order valence-electron chi connectivity index (χ3n) is 4.46. The summed E-state index contributed by atoms with van der Waals surface area (Å²) < 4.78 is 5.23. The summed E-state index contributed by atoms with van der Waals surface area (Å²) >= 11 is 0. The molecule has 4 nitrogen and oxygen atoms in total. The number of rotatable bonds is 4. The van der Waals surface area contributed by atoms with Crippen LogP contribution in [0.15, 0.2) is 72.2 Å². The fourth-order valence-corrected chi connectivity index (χ4v) is 2.93. The van der Waals surface area contributed by atoms with E-state index in [1.165, 1.54) is 0 Å². The van der Waals surface area contributed by atoms with E-state index < -0.39 is 0 Å². The fraction of sp³-hybridized carbons (Fsp3) is 0.261. The molecule has 0 N–H and O–H groups in total. The zero-order valence-corrected chi connectivity index (χ0v) is 15.8. The number of hydrogen-bond donors (Lipinski definition) is 0. The zero-order chi connectivity index (χ0) is 18.9. The number of methoxy groups -OCH3 is 1. The molecule has 27 heavy (non-hydrogen) atoms. The van der Waals surface area contributed by atoms with Crippen molar-refractivity contribution in [1.82, 2.24) is 9.80 Å². The molecule has 0 saturated carbocycles. The van der Waals surface area contributed by atoms with Crippen molar-refractivity contribution in [2.24, 2.45) is 4.99 Å². The summed E-state index contributed by atoms with van der Waals surface area (Å²) in [4.78, 5) is 9.47. The van der Waals surface area contributed by atoms with E-state index in [9.17, 15) is 0 Å². The summed E-state index contributed by atoms with van der Waals surface area (Å²) in [6, 6.07) is 17.8. The van der Waals surface area contributed by atoms with Gasteiger partial charge in [0.2, 0.25) is 0 Å². The number of amidine groups is 1. The Morgan fingerprint density at radius 1 is 1.07 bits per heavy atom. The topological polar surface area (TPSA) is 28.1 Å². The van der Waals surface area contributed by atoms with Gasteiger partial charge in [-0.05, 0) is 42.3 Å². The highest BCUT2D eigenvalue weighted by Gasteiger charge is 2.18. The van der Waals surface area contributed by atoms with Gasteiger partial charge in [-0.25, -0.2) is 4.99 Å². The van der Waals surface area contributed by atoms with Crippen LogP contribution < -0.4 is 4.74 Å². The van der Waals surface area contributed by atoms with E-state index in [0.29, 0.717) is 0 Å². The molecular weight excluding hydrogens is 334 g/mol. The molecule has 0 radical (unpaired) electrons. The van der Waals surface area contributed by atoms with Gasteiger partial charge in [0.05, 0.1) is 12.8 Å². The first-order chi connectivity index (χ1) is 13.3. The van der Waals surface area contributed by atoms with Crippen LogP contribution >= 0.6 is 0 Å². The molecule has 1 fully saturated rings. The molecule has 0 bridgehead atoms. The molecule has 1 heterocycles. The predicted molar refractivity (Wildman–Crippen MR) is 112 cm³/mol. The number of ether oxygens (including phenoxy) is 1. The third kappa shape index (κ3) is 5.47. The average Bonchev–Trinajstić information content (AvgIpc) is 2.73. The largest absolute Gasteiger partial charge is 0.497 e. The normalized spacial score (nSPS) is 15.0. The number of hydrogen-bond acceptors (Lipinski definition) is 3. The lowest BCUT2D eigenvalue weighted by Crippen LogP contribution is -2.48. The van der Waals surface area contributed by atoms with Gasteiger partial charge in [0.25, 0.3) is 0 Å². The van der Waals surface area contributed by atoms with Crippen LogP contribution in [-0.4, -0.2) is 55.5 Å². The van der Waals surface area contributed by atoms with Crippen LogP contribution in [-0.2, 0) is 0 Å². The van der Waals surface area contributed by atoms with Crippen molar-refractivity contribution in [2.75, 3.05) is 39.8 Å². The SMILES string of the molecule is C=CCN1CCN(C(C#Cc2ccccc2)=Nc2ccc(OC)cc2)CC1. The Labute approximate surface area is 161 Å². The van der Waals surface area contributed by atoms with Crippen LogP contribution in [0.2, 0.25) is 0 Å². The van der Waals surface area contributed by atoms with Crippen molar-refractivity contribution >= 4 is 11.5 Å². The maximum Gasteiger partial charge on any atom is 0.182 e. The fourth-order valence-electron chi connectivity index (χ4n) is 2.93. The van der Waals surface area contributed by atoms with Gasteiger partial charge in [-0.15, -0.1) is 6.58 Å². The van der Waals surface area contributed by atoms with Gasteiger partial charge in [0.1, 0.15) is 5.75 Å². The van der Waals surface area contributed by atoms with E-state index in [1.54, 1.807) is 7.11 Å². The Morgan fingerprint density at radius 2 is 1.78 bits per heavy atom. The molecule has 0 unspecified atom stereocenters. The summed E-state index contributed by atoms with van der Waals surface area (Å²) in [5, 5.41) is 0. The molecule has 0 aromatic heterocycles. The molecule has 3 rings (SSSR count). The smallest absolute Gasteiger partial charge is 0.182 e. The molecule has 2 aromatic rings. The number of aliphatic imine (C=N–C) groups is 1. The third-order valence-corrected chi connectivity index (χ3v) is 4.46. The molecule has 0 atom stereocenters. The first-order valence-corrected chi connectivity index (χ1v) is 9.16. The first kappa shape index (κ1) is 18.8. The van der Waals surface area contributed by atoms with Crippen LogP contribution in [0.1, 0.15) is 5.56 Å². The molecule has 2 aromatic carbocycles. The van der Waals surface area contributed by atoms with Gasteiger partial charge in [-0.3, -0.25) is 4.90 Å². The maximum absolute atomic E-state index is 5.23. The lowest BCUT2D eigenvalue weighted by atomic mass is 10.2. The molecule has 0 spiro atoms. The zero-order valence-electron chi connectivity index (χ0n) is 15.8. The Balaban J connectivity index is 1.83. The molecule has 1 aliphatic heterocycles. The van der Waals surface area contributed by atoms with Crippen LogP contribution in [0, 0.1) is 11.8 Å². The minimum absolute atomic E-state index is 0.808. The second-order valence-corrected chi connectivity index (χ2v) is 6.33. The minimum Gasteiger partial charge on any atom is -0.497 e. The van der Waals surface area contributed by atoms with Gasteiger partial charge in [-0.2, -0.15) is 0 Å². The van der Waals surface area contributed by atoms with Gasteiger partial charge >= 0.3 is 0 Å². The molecule has 0 aliphatic carbocycles. The van der Waals surface area contributed by atoms with Crippen molar-refractivity contribution in [3.8, 4) is 17.6 Å². The quantitative estimate of drug-likeness (QED) is 0.361. The van der Waals surface area contributed by atoms with Gasteiger partial charge in [-0.1, -0.05) is 30.2 Å². The van der Waals surface area contributed by atoms with Crippen LogP contribution in [0.25, 0.3) is 0 Å². The summed E-state index contributed by atoms with van der Waals surface area (Å²) in [6.07, 6.45) is 1.96. The molecule has 1 saturated heterocycles. The number of piperazine rings is 1. The molecule has 4 heteroatoms. The summed E-state index contributed by atoms with van der Waals surface area (Å²) in [5.41, 5.74) is 1.87. The average molecular weight is 359 g/mol. The minimum atomic E-state index is 0.808. The number of nitrogens with zero attached hydrogens (tertiary/aromatic N) is 3. The van der Waals surface area contributed by atoms with Crippen molar-refractivity contribution in [3.63, 3.8) is 0 Å². The van der Waals surface area contributed by atoms with Gasteiger partial charge in [0, 0.05) is 38.3 Å². The highest BCUT2D eigenvalue weighted by atomic mass is 16.5. The summed E-state index contributed by atoms with van der Waals surface area (Å²) in [5.74, 6) is 8.16. The second kappa shape index (κ2) is 9.61. The van der Waals surface area contributed by atoms with E-state index in [4.69, 9.17) is 9.73 Å². The van der Waals surface area contributed by atoms with E-state index in [0.717, 1.165) is 55.6 Å². The maximum atomic E-state index is 5.23. The molecule has 0 amide bonds. The van der Waals surface area contributed by atoms with Gasteiger partial charge < -0.3 is 9.64 Å². The van der Waals surface area contributed by atoms with Crippen LogP contribution in [0.5, 0.6) is 5.75 Å². The van der Waals surface area contributed by atoms with Gasteiger partial charge in [0.15, 0.2) is 5.84 Å². The standard InChI is InChI=1S/C23H25N3O/c1-3-15-25-16-18-26(19-17-25)23(14-9-20-7-5-4-6-8-20)24-21-10-12-22(27-2)13-11-21/h3-8,10-13H,1,15-19H2,2H3. The monoisotopic (exact) mass is 359 g/mol. The van der Waals surface area contributed by atoms with Crippen molar-refractivity contribution in [3.05, 3.63) is 72.8 Å². The van der Waals surface area contributed by atoms with Crippen LogP contribution in [0.4, 0.5) is 5.69 Å². The molecule has 1 aliphatic rings. The van der Waals surface area contributed by atoms with Crippen LogP contribution in [0.3, 0.4) is 0 Å². The van der Waals surface area contributed by atoms with E-state index in [1.807, 2.05) is 60.7 Å². The van der Waals surface area contributed by atoms with Crippen molar-refractivity contribution in [1.29, 1.82) is 0 Å². The lowest BCUT2D eigenvalue weighted by molar-refractivity contribution is 0.199. The predicted octanol–water partition coefficient (Wildman–Crippen LogP) is 3.58. The van der Waals surface area contributed by atoms with Crippen molar-refractivity contribution in [2.45, 2.75) is 0 Å². The van der Waals surface area contributed by atoms with E-state index in [2.05, 4.69) is 28.2 Å². The highest BCUT2D eigenvalue weighted by Crippen LogP contribution is 2.18. The Bertz CT molecular complexity index is 823. The van der Waals surface area contributed by atoms with E-state index in [-0.39, 0.29) is 0 Å². The first-order valence-electron chi connectivity index (χ1n) is 9.16. The summed E-state index contributed by atoms with van der Waals surface area (Å²) in [6.45, 7) is 8.55. The van der Waals surface area contributed by atoms with E-state index >= 15 is 0 Å². The molecular formula is C23H25N3O. The Kier molecular flexibility index (Phi) is 6.67. The highest BCUT2D eigenvalue weighted by molar-refractivity contribution is 6.00. The lowest BCUT2D eigenvalue weighted by Gasteiger charge is -2.34. The molecule has 138 valence electrons. The second-order valence-electron chi connectivity index (χ2n) is 6.33. The summed E-state index contributed by atoms with van der Waals surface area (Å²) in [7, 11) is 1.66. The van der Waals surface area contributed by atoms with Crippen molar-refractivity contribution < 1.29 is 4.74 Å². The number of benzene rings is 2.